The summed E-state index contributed by atoms with van der Waals surface area (Å²) in [5.41, 5.74) is 1.71. The largest absolute Gasteiger partial charge is 0.293 e. The lowest BCUT2D eigenvalue weighted by atomic mass is 10.1. The number of carbonyl (C=O) groups excluding carboxylic acids is 1. The molecule has 2 aromatic rings. The zero-order valence-electron chi connectivity index (χ0n) is 11.4. The van der Waals surface area contributed by atoms with Gasteiger partial charge in [-0.05, 0) is 30.2 Å². The Morgan fingerprint density at radius 3 is 2.38 bits per heavy atom. The third-order valence-corrected chi connectivity index (χ3v) is 5.11. The molecule has 21 heavy (non-hydrogen) atoms. The summed E-state index contributed by atoms with van der Waals surface area (Å²) in [6.45, 7) is 2.05. The number of benzene rings is 2. The van der Waals surface area contributed by atoms with Crippen LogP contribution in [0.2, 0.25) is 10.0 Å². The van der Waals surface area contributed by atoms with E-state index in [2.05, 4.69) is 0 Å². The number of Topliss-reactive ketones (excluding diaryl/α,β-unsaturated/α-hetero) is 1. The number of rotatable bonds is 5. The van der Waals surface area contributed by atoms with Crippen molar-refractivity contribution in [2.75, 3.05) is 5.75 Å². The van der Waals surface area contributed by atoms with Crippen LogP contribution in [0.25, 0.3) is 0 Å². The summed E-state index contributed by atoms with van der Waals surface area (Å²) in [5.74, 6) is -0.280. The molecule has 0 N–H and O–H groups in total. The summed E-state index contributed by atoms with van der Waals surface area (Å²) in [5, 5.41) is 0.800. The molecule has 0 aliphatic rings. The van der Waals surface area contributed by atoms with Crippen molar-refractivity contribution in [3.8, 4) is 0 Å². The highest BCUT2D eigenvalue weighted by Gasteiger charge is 2.15. The molecular weight excluding hydrogens is 327 g/mol. The second-order valence-electron chi connectivity index (χ2n) is 4.54. The summed E-state index contributed by atoms with van der Waals surface area (Å²) in [6.07, 6.45) is 0.915. The van der Waals surface area contributed by atoms with Crippen molar-refractivity contribution in [1.29, 1.82) is 0 Å². The third kappa shape index (κ3) is 4.16. The standard InChI is InChI=1S/C16H14Cl2O2S/c1-2-11-3-5-12(6-4-11)15(19)10-21(20)16-9-13(17)7-8-14(16)18/h3-9H,2,10H2,1H3. The second kappa shape index (κ2) is 7.21. The highest BCUT2D eigenvalue weighted by atomic mass is 35.5. The van der Waals surface area contributed by atoms with Crippen LogP contribution in [0.1, 0.15) is 22.8 Å². The number of ketones is 1. The van der Waals surface area contributed by atoms with Crippen LogP contribution in [0.3, 0.4) is 0 Å². The highest BCUT2D eigenvalue weighted by Crippen LogP contribution is 2.24. The maximum absolute atomic E-state index is 12.3. The first-order valence-electron chi connectivity index (χ1n) is 6.47. The number of aryl methyl sites for hydroxylation is 1. The molecule has 0 amide bonds. The van der Waals surface area contributed by atoms with Gasteiger partial charge in [-0.25, -0.2) is 0 Å². The van der Waals surface area contributed by atoms with Crippen LogP contribution >= 0.6 is 23.2 Å². The zero-order valence-corrected chi connectivity index (χ0v) is 13.8. The summed E-state index contributed by atoms with van der Waals surface area (Å²) in [7, 11) is -1.51. The molecule has 2 rings (SSSR count). The molecule has 0 saturated carbocycles. The van der Waals surface area contributed by atoms with Crippen molar-refractivity contribution in [2.24, 2.45) is 0 Å². The first-order chi connectivity index (χ1) is 10.0. The Bertz CT molecular complexity index is 681. The molecule has 0 aliphatic carbocycles. The first kappa shape index (κ1) is 16.2. The topological polar surface area (TPSA) is 34.1 Å². The lowest BCUT2D eigenvalue weighted by Crippen LogP contribution is -2.11. The van der Waals surface area contributed by atoms with Crippen LogP contribution in [0.15, 0.2) is 47.4 Å². The van der Waals surface area contributed by atoms with Gasteiger partial charge in [-0.15, -0.1) is 0 Å². The van der Waals surface area contributed by atoms with Gasteiger partial charge in [-0.2, -0.15) is 0 Å². The maximum Gasteiger partial charge on any atom is 0.175 e. The van der Waals surface area contributed by atoms with Crippen molar-refractivity contribution < 1.29 is 9.00 Å². The highest BCUT2D eigenvalue weighted by molar-refractivity contribution is 7.86. The number of hydrogen-bond acceptors (Lipinski definition) is 2. The monoisotopic (exact) mass is 340 g/mol. The fraction of sp³-hybridized carbons (Fsp3) is 0.188. The van der Waals surface area contributed by atoms with Gasteiger partial charge in [-0.3, -0.25) is 9.00 Å². The van der Waals surface area contributed by atoms with E-state index in [4.69, 9.17) is 23.2 Å². The van der Waals surface area contributed by atoms with E-state index in [-0.39, 0.29) is 11.5 Å². The Morgan fingerprint density at radius 1 is 1.10 bits per heavy atom. The Kier molecular flexibility index (Phi) is 5.57. The zero-order chi connectivity index (χ0) is 15.4. The van der Waals surface area contributed by atoms with Crippen LogP contribution in [-0.4, -0.2) is 15.7 Å². The molecule has 110 valence electrons. The normalized spacial score (nSPS) is 12.1. The minimum absolute atomic E-state index is 0.106. The third-order valence-electron chi connectivity index (χ3n) is 3.08. The Morgan fingerprint density at radius 2 is 1.76 bits per heavy atom. The van der Waals surface area contributed by atoms with Crippen LogP contribution in [0.4, 0.5) is 0 Å². The molecule has 2 nitrogen and oxygen atoms in total. The predicted octanol–water partition coefficient (Wildman–Crippen LogP) is 4.55. The molecule has 0 spiro atoms. The molecule has 1 atom stereocenters. The van der Waals surface area contributed by atoms with Crippen LogP contribution in [-0.2, 0) is 17.2 Å². The Balaban J connectivity index is 2.14. The average Bonchev–Trinajstić information content (AvgIpc) is 2.49. The summed E-state index contributed by atoms with van der Waals surface area (Å²) in [6, 6.07) is 12.1. The van der Waals surface area contributed by atoms with E-state index < -0.39 is 10.8 Å². The van der Waals surface area contributed by atoms with Gasteiger partial charge >= 0.3 is 0 Å². The van der Waals surface area contributed by atoms with Gasteiger partial charge in [0.05, 0.1) is 26.5 Å². The predicted molar refractivity (Wildman–Crippen MR) is 87.9 cm³/mol. The van der Waals surface area contributed by atoms with Gasteiger partial charge in [-0.1, -0.05) is 54.4 Å². The minimum Gasteiger partial charge on any atom is -0.293 e. The molecule has 2 aromatic carbocycles. The van der Waals surface area contributed by atoms with Crippen LogP contribution in [0.5, 0.6) is 0 Å². The Labute approximate surface area is 136 Å². The van der Waals surface area contributed by atoms with Crippen molar-refractivity contribution in [3.63, 3.8) is 0 Å². The van der Waals surface area contributed by atoms with E-state index >= 15 is 0 Å². The molecular formula is C16H14Cl2O2S. The Hall–Kier alpha value is -1.16. The quantitative estimate of drug-likeness (QED) is 0.748. The molecule has 0 radical (unpaired) electrons. The average molecular weight is 341 g/mol. The van der Waals surface area contributed by atoms with E-state index in [0.717, 1.165) is 12.0 Å². The minimum atomic E-state index is -1.51. The number of carbonyl (C=O) groups is 1. The second-order valence-corrected chi connectivity index (χ2v) is 6.80. The first-order valence-corrected chi connectivity index (χ1v) is 8.54. The van der Waals surface area contributed by atoms with Crippen molar-refractivity contribution in [1.82, 2.24) is 0 Å². The summed E-state index contributed by atoms with van der Waals surface area (Å²) in [4.78, 5) is 12.5. The smallest absolute Gasteiger partial charge is 0.175 e. The fourth-order valence-electron chi connectivity index (χ4n) is 1.86. The van der Waals surface area contributed by atoms with Gasteiger partial charge in [0.1, 0.15) is 0 Å². The van der Waals surface area contributed by atoms with Crippen molar-refractivity contribution in [3.05, 3.63) is 63.6 Å². The van der Waals surface area contributed by atoms with E-state index in [1.807, 2.05) is 19.1 Å². The maximum atomic E-state index is 12.3. The van der Waals surface area contributed by atoms with Gasteiger partial charge in [0, 0.05) is 10.6 Å². The summed E-state index contributed by atoms with van der Waals surface area (Å²) < 4.78 is 12.3. The molecule has 0 saturated heterocycles. The van der Waals surface area contributed by atoms with E-state index in [1.165, 1.54) is 6.07 Å². The number of hydrogen-bond donors (Lipinski definition) is 0. The van der Waals surface area contributed by atoms with E-state index in [0.29, 0.717) is 20.5 Å². The lowest BCUT2D eigenvalue weighted by molar-refractivity contribution is 0.102. The van der Waals surface area contributed by atoms with E-state index in [9.17, 15) is 9.00 Å². The summed E-state index contributed by atoms with van der Waals surface area (Å²) >= 11 is 11.9. The van der Waals surface area contributed by atoms with Crippen molar-refractivity contribution >= 4 is 39.8 Å². The van der Waals surface area contributed by atoms with E-state index in [1.54, 1.807) is 24.3 Å². The molecule has 0 bridgehead atoms. The number of halogens is 2. The molecule has 0 heterocycles. The molecule has 0 aliphatic heterocycles. The van der Waals surface area contributed by atoms with Crippen molar-refractivity contribution in [2.45, 2.75) is 18.2 Å². The van der Waals surface area contributed by atoms with Gasteiger partial charge in [0.15, 0.2) is 5.78 Å². The molecule has 0 aromatic heterocycles. The lowest BCUT2D eigenvalue weighted by Gasteiger charge is -2.05. The van der Waals surface area contributed by atoms with Gasteiger partial charge < -0.3 is 0 Å². The SMILES string of the molecule is CCc1ccc(C(=O)CS(=O)c2cc(Cl)ccc2Cl)cc1. The van der Waals surface area contributed by atoms with Crippen LogP contribution in [0, 0.1) is 0 Å². The molecule has 1 unspecified atom stereocenters. The molecule has 5 heteroatoms. The van der Waals surface area contributed by atoms with Gasteiger partial charge in [0.25, 0.3) is 0 Å². The van der Waals surface area contributed by atoms with Crippen LogP contribution < -0.4 is 0 Å². The van der Waals surface area contributed by atoms with Gasteiger partial charge in [0.2, 0.25) is 0 Å². The fourth-order valence-corrected chi connectivity index (χ4v) is 3.57. The molecule has 0 fully saturated rings.